The number of carbonyl (C=O) groups excluding carboxylic acids is 1. The van der Waals surface area contributed by atoms with Crippen LogP contribution in [0.4, 0.5) is 5.69 Å². The zero-order valence-electron chi connectivity index (χ0n) is 13.4. The molecule has 0 atom stereocenters. The fourth-order valence-electron chi connectivity index (χ4n) is 2.58. The van der Waals surface area contributed by atoms with Crippen molar-refractivity contribution >= 4 is 32.3 Å². The second kappa shape index (κ2) is 6.16. The van der Waals surface area contributed by atoms with Crippen molar-refractivity contribution in [1.29, 1.82) is 0 Å². The third kappa shape index (κ3) is 3.51. The van der Waals surface area contributed by atoms with Gasteiger partial charge in [-0.05, 0) is 43.3 Å². The van der Waals surface area contributed by atoms with E-state index in [0.29, 0.717) is 5.69 Å². The fourth-order valence-corrected chi connectivity index (χ4v) is 3.25. The summed E-state index contributed by atoms with van der Waals surface area (Å²) in [4.78, 5) is 12.2. The number of aryl methyl sites for hydroxylation is 1. The van der Waals surface area contributed by atoms with Crippen LogP contribution in [0.15, 0.2) is 47.0 Å². The summed E-state index contributed by atoms with van der Waals surface area (Å²) in [5.74, 6) is -0.307. The number of sulfone groups is 1. The summed E-state index contributed by atoms with van der Waals surface area (Å²) in [7, 11) is -3.20. The summed E-state index contributed by atoms with van der Waals surface area (Å²) in [6, 6.07) is 10.6. The molecule has 7 heteroatoms. The molecule has 0 saturated heterocycles. The summed E-state index contributed by atoms with van der Waals surface area (Å²) in [5.41, 5.74) is 1.76. The molecule has 1 N–H and O–H groups in total. The Bertz CT molecular complexity index is 999. The molecule has 0 bridgehead atoms. The third-order valence-electron chi connectivity index (χ3n) is 3.66. The molecule has 6 nitrogen and oxygen atoms in total. The van der Waals surface area contributed by atoms with E-state index < -0.39 is 15.7 Å². The second-order valence-corrected chi connectivity index (χ2v) is 7.81. The zero-order chi connectivity index (χ0) is 17.3. The molecule has 3 rings (SSSR count). The lowest BCUT2D eigenvalue weighted by molar-refractivity contribution is 0.0995. The minimum absolute atomic E-state index is 0.0832. The van der Waals surface area contributed by atoms with Crippen LogP contribution in [0.2, 0.25) is 0 Å². The van der Waals surface area contributed by atoms with Crippen LogP contribution in [-0.4, -0.2) is 25.1 Å². The zero-order valence-corrected chi connectivity index (χ0v) is 14.3. The Balaban J connectivity index is 1.77. The number of benzene rings is 1. The SMILES string of the molecule is CCn1ccc2cc(NC(=O)c3ccc(CS(C)(=O)=O)o3)ccc21. The highest BCUT2D eigenvalue weighted by Crippen LogP contribution is 2.21. The van der Waals surface area contributed by atoms with Crippen molar-refractivity contribution in [2.24, 2.45) is 0 Å². The van der Waals surface area contributed by atoms with Crippen LogP contribution in [0.1, 0.15) is 23.2 Å². The smallest absolute Gasteiger partial charge is 0.291 e. The average Bonchev–Trinajstić information content (AvgIpc) is 3.11. The van der Waals surface area contributed by atoms with E-state index in [4.69, 9.17) is 4.42 Å². The molecule has 0 unspecified atom stereocenters. The summed E-state index contributed by atoms with van der Waals surface area (Å²) < 4.78 is 29.9. The Morgan fingerprint density at radius 2 is 2.00 bits per heavy atom. The van der Waals surface area contributed by atoms with Gasteiger partial charge in [-0.15, -0.1) is 0 Å². The largest absolute Gasteiger partial charge is 0.455 e. The maximum absolute atomic E-state index is 12.2. The van der Waals surface area contributed by atoms with Gasteiger partial charge in [0.25, 0.3) is 5.91 Å². The van der Waals surface area contributed by atoms with E-state index in [2.05, 4.69) is 16.8 Å². The Hall–Kier alpha value is -2.54. The van der Waals surface area contributed by atoms with Gasteiger partial charge in [0.15, 0.2) is 15.6 Å². The van der Waals surface area contributed by atoms with Crippen LogP contribution < -0.4 is 5.32 Å². The van der Waals surface area contributed by atoms with Crippen molar-refractivity contribution < 1.29 is 17.6 Å². The van der Waals surface area contributed by atoms with Crippen molar-refractivity contribution in [1.82, 2.24) is 4.57 Å². The van der Waals surface area contributed by atoms with E-state index in [1.807, 2.05) is 30.5 Å². The van der Waals surface area contributed by atoms with Crippen molar-refractivity contribution in [2.45, 2.75) is 19.2 Å². The van der Waals surface area contributed by atoms with Gasteiger partial charge in [-0.2, -0.15) is 0 Å². The molecule has 0 saturated carbocycles. The highest BCUT2D eigenvalue weighted by atomic mass is 32.2. The maximum atomic E-state index is 12.2. The van der Waals surface area contributed by atoms with Crippen molar-refractivity contribution in [3.8, 4) is 0 Å². The standard InChI is InChI=1S/C17H18N2O4S/c1-3-19-9-8-12-10-13(4-6-15(12)19)18-17(20)16-7-5-14(23-16)11-24(2,21)22/h4-10H,3,11H2,1-2H3,(H,18,20). The lowest BCUT2D eigenvalue weighted by atomic mass is 10.2. The molecule has 2 heterocycles. The molecule has 1 aromatic carbocycles. The van der Waals surface area contributed by atoms with Gasteiger partial charge in [0.1, 0.15) is 11.5 Å². The number of nitrogens with one attached hydrogen (secondary N) is 1. The summed E-state index contributed by atoms with van der Waals surface area (Å²) in [6.45, 7) is 2.95. The molecule has 0 aliphatic heterocycles. The van der Waals surface area contributed by atoms with Gasteiger partial charge in [-0.1, -0.05) is 0 Å². The molecule has 24 heavy (non-hydrogen) atoms. The molecule has 0 spiro atoms. The number of anilines is 1. The number of furan rings is 1. The highest BCUT2D eigenvalue weighted by molar-refractivity contribution is 7.89. The lowest BCUT2D eigenvalue weighted by Crippen LogP contribution is -2.10. The summed E-state index contributed by atoms with van der Waals surface area (Å²) in [6.07, 6.45) is 3.12. The fraction of sp³-hybridized carbons (Fsp3) is 0.235. The Labute approximate surface area is 140 Å². The third-order valence-corrected chi connectivity index (χ3v) is 4.47. The monoisotopic (exact) mass is 346 g/mol. The summed E-state index contributed by atoms with van der Waals surface area (Å²) >= 11 is 0. The number of nitrogens with zero attached hydrogens (tertiary/aromatic N) is 1. The van der Waals surface area contributed by atoms with Crippen molar-refractivity contribution in [2.75, 3.05) is 11.6 Å². The highest BCUT2D eigenvalue weighted by Gasteiger charge is 2.14. The van der Waals surface area contributed by atoms with Crippen LogP contribution in [0.25, 0.3) is 10.9 Å². The van der Waals surface area contributed by atoms with Gasteiger partial charge in [0, 0.05) is 35.6 Å². The summed E-state index contributed by atoms with van der Waals surface area (Å²) in [5, 5.41) is 3.80. The molecular formula is C17H18N2O4S. The van der Waals surface area contributed by atoms with Gasteiger partial charge in [-0.25, -0.2) is 8.42 Å². The van der Waals surface area contributed by atoms with Gasteiger partial charge < -0.3 is 14.3 Å². The number of hydrogen-bond donors (Lipinski definition) is 1. The van der Waals surface area contributed by atoms with Crippen LogP contribution in [0, 0.1) is 0 Å². The number of hydrogen-bond acceptors (Lipinski definition) is 4. The molecule has 0 aliphatic carbocycles. The van der Waals surface area contributed by atoms with Crippen LogP contribution in [0.5, 0.6) is 0 Å². The first-order valence-corrected chi connectivity index (χ1v) is 9.58. The predicted octanol–water partition coefficient (Wildman–Crippen LogP) is 3.05. The van der Waals surface area contributed by atoms with Crippen molar-refractivity contribution in [3.05, 3.63) is 54.1 Å². The molecule has 0 radical (unpaired) electrons. The van der Waals surface area contributed by atoms with E-state index >= 15 is 0 Å². The quantitative estimate of drug-likeness (QED) is 0.770. The number of fused-ring (bicyclic) bond motifs is 1. The van der Waals surface area contributed by atoms with E-state index in [1.54, 1.807) is 0 Å². The van der Waals surface area contributed by atoms with Crippen molar-refractivity contribution in [3.63, 3.8) is 0 Å². The maximum Gasteiger partial charge on any atom is 0.291 e. The molecule has 2 aromatic heterocycles. The molecule has 3 aromatic rings. The van der Waals surface area contributed by atoms with Gasteiger partial charge in [0.05, 0.1) is 0 Å². The Morgan fingerprint density at radius 3 is 2.71 bits per heavy atom. The van der Waals surface area contributed by atoms with Crippen LogP contribution in [0.3, 0.4) is 0 Å². The minimum Gasteiger partial charge on any atom is -0.455 e. The second-order valence-electron chi connectivity index (χ2n) is 5.67. The first kappa shape index (κ1) is 16.3. The van der Waals surface area contributed by atoms with Crippen LogP contribution in [-0.2, 0) is 22.1 Å². The normalized spacial score (nSPS) is 11.8. The minimum atomic E-state index is -3.20. The molecule has 0 aliphatic rings. The van der Waals surface area contributed by atoms with Crippen LogP contribution >= 0.6 is 0 Å². The van der Waals surface area contributed by atoms with Gasteiger partial charge in [-0.3, -0.25) is 4.79 Å². The average molecular weight is 346 g/mol. The van der Waals surface area contributed by atoms with E-state index in [0.717, 1.165) is 23.7 Å². The number of aromatic nitrogens is 1. The number of rotatable bonds is 5. The number of amides is 1. The topological polar surface area (TPSA) is 81.3 Å². The predicted molar refractivity (Wildman–Crippen MR) is 92.8 cm³/mol. The van der Waals surface area contributed by atoms with Gasteiger partial charge in [0.2, 0.25) is 0 Å². The molecular weight excluding hydrogens is 328 g/mol. The lowest BCUT2D eigenvalue weighted by Gasteiger charge is -2.05. The first-order chi connectivity index (χ1) is 11.4. The first-order valence-electron chi connectivity index (χ1n) is 7.52. The van der Waals surface area contributed by atoms with Gasteiger partial charge >= 0.3 is 0 Å². The Kier molecular flexibility index (Phi) is 4.19. The Morgan fingerprint density at radius 1 is 1.21 bits per heavy atom. The molecule has 1 amide bonds. The van der Waals surface area contributed by atoms with E-state index in [1.165, 1.54) is 12.1 Å². The molecule has 0 fully saturated rings. The van der Waals surface area contributed by atoms with E-state index in [-0.39, 0.29) is 17.3 Å². The number of carbonyl (C=O) groups is 1. The van der Waals surface area contributed by atoms with E-state index in [9.17, 15) is 13.2 Å². The molecule has 126 valence electrons.